The van der Waals surface area contributed by atoms with E-state index in [1.54, 1.807) is 0 Å². The van der Waals surface area contributed by atoms with Crippen LogP contribution in [0.3, 0.4) is 0 Å². The Morgan fingerprint density at radius 2 is 1.94 bits per heavy atom. The summed E-state index contributed by atoms with van der Waals surface area (Å²) in [6.45, 7) is 9.16. The van der Waals surface area contributed by atoms with Crippen LogP contribution in [0, 0.1) is 0 Å². The minimum atomic E-state index is 0.476. The van der Waals surface area contributed by atoms with Gasteiger partial charge in [0.1, 0.15) is 0 Å². The molecule has 2 unspecified atom stereocenters. The van der Waals surface area contributed by atoms with Crippen LogP contribution in [0.15, 0.2) is 30.3 Å². The Hall–Kier alpha value is -0.860. The Kier molecular flexibility index (Phi) is 4.19. The lowest BCUT2D eigenvalue weighted by molar-refractivity contribution is 0.161. The van der Waals surface area contributed by atoms with Crippen molar-refractivity contribution in [3.8, 4) is 0 Å². The van der Waals surface area contributed by atoms with E-state index < -0.39 is 0 Å². The highest BCUT2D eigenvalue weighted by molar-refractivity contribution is 5.19. The van der Waals surface area contributed by atoms with Gasteiger partial charge in [-0.2, -0.15) is 0 Å². The van der Waals surface area contributed by atoms with Crippen LogP contribution in [0.4, 0.5) is 0 Å². The normalized spacial score (nSPS) is 27.1. The van der Waals surface area contributed by atoms with Crippen molar-refractivity contribution in [1.82, 2.24) is 10.2 Å². The molecule has 0 amide bonds. The van der Waals surface area contributed by atoms with Gasteiger partial charge in [-0.25, -0.2) is 0 Å². The van der Waals surface area contributed by atoms with Crippen molar-refractivity contribution in [3.05, 3.63) is 35.9 Å². The molecule has 0 aliphatic carbocycles. The van der Waals surface area contributed by atoms with Gasteiger partial charge < -0.3 is 5.32 Å². The third kappa shape index (κ3) is 3.08. The van der Waals surface area contributed by atoms with E-state index in [4.69, 9.17) is 0 Å². The first-order valence-corrected chi connectivity index (χ1v) is 6.72. The second-order valence-electron chi connectivity index (χ2n) is 5.35. The average molecular weight is 232 g/mol. The molecule has 1 aliphatic rings. The Morgan fingerprint density at radius 1 is 1.24 bits per heavy atom. The van der Waals surface area contributed by atoms with Crippen molar-refractivity contribution in [2.75, 3.05) is 13.1 Å². The van der Waals surface area contributed by atoms with Crippen LogP contribution in [-0.4, -0.2) is 30.1 Å². The van der Waals surface area contributed by atoms with Gasteiger partial charge in [0, 0.05) is 24.7 Å². The zero-order valence-corrected chi connectivity index (χ0v) is 11.2. The first-order valence-electron chi connectivity index (χ1n) is 6.72. The van der Waals surface area contributed by atoms with Gasteiger partial charge in [-0.3, -0.25) is 4.90 Å². The molecule has 1 aromatic rings. The zero-order chi connectivity index (χ0) is 12.3. The van der Waals surface area contributed by atoms with Crippen molar-refractivity contribution < 1.29 is 0 Å². The predicted octanol–water partition coefficient (Wildman–Crippen LogP) is 2.82. The van der Waals surface area contributed by atoms with Gasteiger partial charge in [-0.05, 0) is 39.3 Å². The van der Waals surface area contributed by atoms with E-state index in [0.29, 0.717) is 18.1 Å². The second-order valence-corrected chi connectivity index (χ2v) is 5.35. The molecule has 2 rings (SSSR count). The molecule has 0 spiro atoms. The summed E-state index contributed by atoms with van der Waals surface area (Å²) in [6, 6.07) is 12.6. The van der Waals surface area contributed by atoms with Gasteiger partial charge in [-0.1, -0.05) is 30.3 Å². The zero-order valence-electron chi connectivity index (χ0n) is 11.2. The molecule has 1 heterocycles. The summed E-state index contributed by atoms with van der Waals surface area (Å²) in [5.41, 5.74) is 1.41. The maximum atomic E-state index is 3.67. The second kappa shape index (κ2) is 5.65. The molecule has 17 heavy (non-hydrogen) atoms. The van der Waals surface area contributed by atoms with Crippen molar-refractivity contribution in [2.45, 2.75) is 45.3 Å². The van der Waals surface area contributed by atoms with E-state index in [0.717, 1.165) is 13.1 Å². The fourth-order valence-corrected chi connectivity index (χ4v) is 2.72. The summed E-state index contributed by atoms with van der Waals surface area (Å²) in [4.78, 5) is 2.61. The molecule has 94 valence electrons. The summed E-state index contributed by atoms with van der Waals surface area (Å²) in [5.74, 6) is 0. The molecule has 1 saturated heterocycles. The SMILES string of the molecule is CC(C)N1CC(c2ccccc2)NCCC1C. The molecule has 0 aromatic heterocycles. The first-order chi connectivity index (χ1) is 8.18. The molecule has 2 heteroatoms. The highest BCUT2D eigenvalue weighted by atomic mass is 15.2. The fraction of sp³-hybridized carbons (Fsp3) is 0.600. The third-order valence-electron chi connectivity index (χ3n) is 3.78. The van der Waals surface area contributed by atoms with Gasteiger partial charge >= 0.3 is 0 Å². The Balaban J connectivity index is 2.14. The smallest absolute Gasteiger partial charge is 0.0449 e. The first kappa shape index (κ1) is 12.6. The molecule has 2 atom stereocenters. The number of hydrogen-bond acceptors (Lipinski definition) is 2. The van der Waals surface area contributed by atoms with Crippen LogP contribution < -0.4 is 5.32 Å². The molecule has 1 N–H and O–H groups in total. The third-order valence-corrected chi connectivity index (χ3v) is 3.78. The van der Waals surface area contributed by atoms with E-state index in [9.17, 15) is 0 Å². The maximum absolute atomic E-state index is 3.67. The fourth-order valence-electron chi connectivity index (χ4n) is 2.72. The number of hydrogen-bond donors (Lipinski definition) is 1. The van der Waals surface area contributed by atoms with E-state index in [2.05, 4.69) is 61.3 Å². The number of nitrogens with one attached hydrogen (secondary N) is 1. The summed E-state index contributed by atoms with van der Waals surface area (Å²) < 4.78 is 0. The lowest BCUT2D eigenvalue weighted by atomic mass is 10.1. The van der Waals surface area contributed by atoms with Crippen LogP contribution in [0.25, 0.3) is 0 Å². The van der Waals surface area contributed by atoms with Crippen LogP contribution in [0.1, 0.15) is 38.8 Å². The van der Waals surface area contributed by atoms with Crippen LogP contribution in [-0.2, 0) is 0 Å². The summed E-state index contributed by atoms with van der Waals surface area (Å²) in [7, 11) is 0. The van der Waals surface area contributed by atoms with Gasteiger partial charge in [0.25, 0.3) is 0 Å². The van der Waals surface area contributed by atoms with Crippen molar-refractivity contribution >= 4 is 0 Å². The summed E-state index contributed by atoms with van der Waals surface area (Å²) >= 11 is 0. The molecular formula is C15H24N2. The largest absolute Gasteiger partial charge is 0.309 e. The van der Waals surface area contributed by atoms with Crippen LogP contribution in [0.2, 0.25) is 0 Å². The van der Waals surface area contributed by atoms with E-state index in [1.807, 2.05) is 0 Å². The maximum Gasteiger partial charge on any atom is 0.0449 e. The lowest BCUT2D eigenvalue weighted by Crippen LogP contribution is -2.40. The molecule has 0 radical (unpaired) electrons. The van der Waals surface area contributed by atoms with Crippen molar-refractivity contribution in [3.63, 3.8) is 0 Å². The molecule has 0 bridgehead atoms. The Morgan fingerprint density at radius 3 is 2.59 bits per heavy atom. The monoisotopic (exact) mass is 232 g/mol. The molecule has 1 fully saturated rings. The van der Waals surface area contributed by atoms with Gasteiger partial charge in [0.05, 0.1) is 0 Å². The van der Waals surface area contributed by atoms with Gasteiger partial charge in [0.15, 0.2) is 0 Å². The molecule has 1 aliphatic heterocycles. The molecule has 0 saturated carbocycles. The minimum absolute atomic E-state index is 0.476. The minimum Gasteiger partial charge on any atom is -0.309 e. The molecule has 2 nitrogen and oxygen atoms in total. The predicted molar refractivity (Wildman–Crippen MR) is 73.1 cm³/mol. The number of benzene rings is 1. The summed E-state index contributed by atoms with van der Waals surface area (Å²) in [6.07, 6.45) is 1.24. The highest BCUT2D eigenvalue weighted by Crippen LogP contribution is 2.21. The van der Waals surface area contributed by atoms with Gasteiger partial charge in [-0.15, -0.1) is 0 Å². The molecule has 1 aromatic carbocycles. The van der Waals surface area contributed by atoms with E-state index in [-0.39, 0.29) is 0 Å². The van der Waals surface area contributed by atoms with Crippen LogP contribution >= 0.6 is 0 Å². The topological polar surface area (TPSA) is 15.3 Å². The Bertz CT molecular complexity index is 334. The molecular weight excluding hydrogens is 208 g/mol. The van der Waals surface area contributed by atoms with E-state index >= 15 is 0 Å². The Labute approximate surface area is 105 Å². The van der Waals surface area contributed by atoms with E-state index in [1.165, 1.54) is 12.0 Å². The standard InChI is InChI=1S/C15H24N2/c1-12(2)17-11-15(16-10-9-13(17)3)14-7-5-4-6-8-14/h4-8,12-13,15-16H,9-11H2,1-3H3. The number of nitrogens with zero attached hydrogens (tertiary/aromatic N) is 1. The van der Waals surface area contributed by atoms with Crippen molar-refractivity contribution in [2.24, 2.45) is 0 Å². The summed E-state index contributed by atoms with van der Waals surface area (Å²) in [5, 5.41) is 3.67. The average Bonchev–Trinajstić information content (AvgIpc) is 2.52. The van der Waals surface area contributed by atoms with Crippen molar-refractivity contribution in [1.29, 1.82) is 0 Å². The number of rotatable bonds is 2. The van der Waals surface area contributed by atoms with Crippen LogP contribution in [0.5, 0.6) is 0 Å². The van der Waals surface area contributed by atoms with Gasteiger partial charge in [0.2, 0.25) is 0 Å². The highest BCUT2D eigenvalue weighted by Gasteiger charge is 2.25. The quantitative estimate of drug-likeness (QED) is 0.843. The lowest BCUT2D eigenvalue weighted by Gasteiger charge is -2.32.